The van der Waals surface area contributed by atoms with Crippen LogP contribution in [-0.4, -0.2) is 28.0 Å². The van der Waals surface area contributed by atoms with E-state index in [1.807, 2.05) is 17.9 Å². The molecule has 0 saturated carbocycles. The van der Waals surface area contributed by atoms with Crippen molar-refractivity contribution in [2.45, 2.75) is 44.1 Å². The summed E-state index contributed by atoms with van der Waals surface area (Å²) in [5, 5.41) is 7.85. The molecule has 2 aliphatic heterocycles. The standard InChI is InChI=1S/C11H16IN3O/c1-15-10(8(12)5-14-15)6-13-9-4-7-2-3-11(9)16-7/h5,7,9,11,13H,2-4,6H2,1H3/t7-,9+,11-/m1/s1. The van der Waals surface area contributed by atoms with Crippen molar-refractivity contribution < 1.29 is 4.74 Å². The predicted molar refractivity (Wildman–Crippen MR) is 69.1 cm³/mol. The summed E-state index contributed by atoms with van der Waals surface area (Å²) in [5.74, 6) is 0. The fourth-order valence-electron chi connectivity index (χ4n) is 2.72. The second kappa shape index (κ2) is 4.27. The third-order valence-corrected chi connectivity index (χ3v) is 4.55. The van der Waals surface area contributed by atoms with Crippen LogP contribution in [0.15, 0.2) is 6.20 Å². The van der Waals surface area contributed by atoms with Gasteiger partial charge in [0.25, 0.3) is 0 Å². The smallest absolute Gasteiger partial charge is 0.0733 e. The van der Waals surface area contributed by atoms with E-state index in [1.54, 1.807) is 0 Å². The number of rotatable bonds is 3. The monoisotopic (exact) mass is 333 g/mol. The minimum atomic E-state index is 0.455. The molecule has 3 heterocycles. The molecule has 0 spiro atoms. The second-order valence-corrected chi connectivity index (χ2v) is 5.82. The molecule has 16 heavy (non-hydrogen) atoms. The van der Waals surface area contributed by atoms with Gasteiger partial charge in [-0.05, 0) is 41.9 Å². The van der Waals surface area contributed by atoms with Crippen LogP contribution >= 0.6 is 22.6 Å². The van der Waals surface area contributed by atoms with E-state index < -0.39 is 0 Å². The molecule has 0 radical (unpaired) electrons. The van der Waals surface area contributed by atoms with Gasteiger partial charge in [0.2, 0.25) is 0 Å². The predicted octanol–water partition coefficient (Wildman–Crippen LogP) is 1.43. The van der Waals surface area contributed by atoms with Crippen LogP contribution in [0, 0.1) is 3.57 Å². The van der Waals surface area contributed by atoms with Crippen molar-refractivity contribution in [1.82, 2.24) is 15.1 Å². The normalized spacial score (nSPS) is 32.5. The molecule has 2 aliphatic rings. The molecule has 0 aliphatic carbocycles. The molecular formula is C11H16IN3O. The van der Waals surface area contributed by atoms with Gasteiger partial charge in [-0.25, -0.2) is 0 Å². The molecule has 2 fully saturated rings. The molecule has 3 rings (SSSR count). The van der Waals surface area contributed by atoms with E-state index >= 15 is 0 Å². The molecule has 0 unspecified atom stereocenters. The fourth-order valence-corrected chi connectivity index (χ4v) is 3.38. The number of fused-ring (bicyclic) bond motifs is 2. The zero-order valence-corrected chi connectivity index (χ0v) is 11.5. The molecule has 1 aromatic heterocycles. The van der Waals surface area contributed by atoms with Gasteiger partial charge in [0.1, 0.15) is 0 Å². The molecule has 1 aromatic rings. The van der Waals surface area contributed by atoms with Crippen LogP contribution in [0.1, 0.15) is 25.0 Å². The zero-order valence-electron chi connectivity index (χ0n) is 9.32. The Bertz CT molecular complexity index is 373. The molecule has 2 bridgehead atoms. The van der Waals surface area contributed by atoms with Gasteiger partial charge < -0.3 is 10.1 Å². The van der Waals surface area contributed by atoms with Crippen molar-refractivity contribution in [3.8, 4) is 0 Å². The molecule has 3 atom stereocenters. The number of nitrogens with one attached hydrogen (secondary N) is 1. The number of hydrogen-bond acceptors (Lipinski definition) is 3. The molecule has 0 aromatic carbocycles. The Kier molecular flexibility index (Phi) is 2.93. The zero-order chi connectivity index (χ0) is 11.1. The average Bonchev–Trinajstić information content (AvgIpc) is 2.94. The average molecular weight is 333 g/mol. The first kappa shape index (κ1) is 11.0. The highest BCUT2D eigenvalue weighted by atomic mass is 127. The van der Waals surface area contributed by atoms with E-state index in [2.05, 4.69) is 33.0 Å². The van der Waals surface area contributed by atoms with Crippen LogP contribution in [-0.2, 0) is 18.3 Å². The number of aromatic nitrogens is 2. The van der Waals surface area contributed by atoms with Crippen molar-refractivity contribution in [1.29, 1.82) is 0 Å². The summed E-state index contributed by atoms with van der Waals surface area (Å²) in [6.45, 7) is 0.895. The Morgan fingerprint density at radius 2 is 2.50 bits per heavy atom. The summed E-state index contributed by atoms with van der Waals surface area (Å²) >= 11 is 2.34. The third-order valence-electron chi connectivity index (χ3n) is 3.65. The lowest BCUT2D eigenvalue weighted by molar-refractivity contribution is 0.0972. The molecule has 5 heteroatoms. The van der Waals surface area contributed by atoms with Gasteiger partial charge in [-0.1, -0.05) is 0 Å². The Morgan fingerprint density at radius 1 is 1.62 bits per heavy atom. The van der Waals surface area contributed by atoms with Crippen LogP contribution in [0.3, 0.4) is 0 Å². The van der Waals surface area contributed by atoms with Crippen LogP contribution in [0.25, 0.3) is 0 Å². The van der Waals surface area contributed by atoms with E-state index in [0.717, 1.165) is 6.54 Å². The van der Waals surface area contributed by atoms with E-state index in [9.17, 15) is 0 Å². The number of ether oxygens (including phenoxy) is 1. The SMILES string of the molecule is Cn1ncc(I)c1CN[C@H]1C[C@H]2CC[C@H]1O2. The van der Waals surface area contributed by atoms with E-state index in [-0.39, 0.29) is 0 Å². The summed E-state index contributed by atoms with van der Waals surface area (Å²) < 4.78 is 9.01. The van der Waals surface area contributed by atoms with Gasteiger partial charge >= 0.3 is 0 Å². The second-order valence-electron chi connectivity index (χ2n) is 4.66. The molecule has 0 amide bonds. The van der Waals surface area contributed by atoms with E-state index in [1.165, 1.54) is 28.5 Å². The van der Waals surface area contributed by atoms with Crippen LogP contribution < -0.4 is 5.32 Å². The van der Waals surface area contributed by atoms with Crippen LogP contribution in [0.5, 0.6) is 0 Å². The van der Waals surface area contributed by atoms with Gasteiger partial charge in [-0.15, -0.1) is 0 Å². The van der Waals surface area contributed by atoms with Gasteiger partial charge in [-0.3, -0.25) is 4.68 Å². The Morgan fingerprint density at radius 3 is 3.06 bits per heavy atom. The molecule has 88 valence electrons. The highest BCUT2D eigenvalue weighted by Crippen LogP contribution is 2.34. The van der Waals surface area contributed by atoms with Gasteiger partial charge in [0.05, 0.1) is 27.7 Å². The minimum absolute atomic E-state index is 0.455. The van der Waals surface area contributed by atoms with Gasteiger partial charge in [0.15, 0.2) is 0 Å². The summed E-state index contributed by atoms with van der Waals surface area (Å²) in [6, 6.07) is 0.546. The van der Waals surface area contributed by atoms with E-state index in [4.69, 9.17) is 4.74 Å². The third kappa shape index (κ3) is 1.89. The molecule has 2 saturated heterocycles. The lowest BCUT2D eigenvalue weighted by Crippen LogP contribution is -2.37. The first-order valence-electron chi connectivity index (χ1n) is 5.79. The summed E-state index contributed by atoms with van der Waals surface area (Å²) in [7, 11) is 2.00. The summed E-state index contributed by atoms with van der Waals surface area (Å²) in [4.78, 5) is 0. The maximum atomic E-state index is 5.83. The van der Waals surface area contributed by atoms with Crippen molar-refractivity contribution in [3.63, 3.8) is 0 Å². The number of nitrogens with zero attached hydrogens (tertiary/aromatic N) is 2. The highest BCUT2D eigenvalue weighted by Gasteiger charge is 2.40. The lowest BCUT2D eigenvalue weighted by Gasteiger charge is -2.20. The maximum absolute atomic E-state index is 5.83. The first-order valence-corrected chi connectivity index (χ1v) is 6.87. The molecule has 4 nitrogen and oxygen atoms in total. The van der Waals surface area contributed by atoms with Crippen LogP contribution in [0.2, 0.25) is 0 Å². The van der Waals surface area contributed by atoms with Crippen molar-refractivity contribution >= 4 is 22.6 Å². The molecular weight excluding hydrogens is 317 g/mol. The Hall–Kier alpha value is -0.140. The minimum Gasteiger partial charge on any atom is -0.373 e. The van der Waals surface area contributed by atoms with Crippen molar-refractivity contribution in [3.05, 3.63) is 15.5 Å². The number of halogens is 1. The highest BCUT2D eigenvalue weighted by molar-refractivity contribution is 14.1. The van der Waals surface area contributed by atoms with Crippen LogP contribution in [0.4, 0.5) is 0 Å². The van der Waals surface area contributed by atoms with Crippen molar-refractivity contribution in [2.24, 2.45) is 7.05 Å². The number of aryl methyl sites for hydroxylation is 1. The quantitative estimate of drug-likeness (QED) is 0.851. The Labute approximate surface area is 109 Å². The summed E-state index contributed by atoms with van der Waals surface area (Å²) in [5.41, 5.74) is 1.27. The topological polar surface area (TPSA) is 39.1 Å². The summed E-state index contributed by atoms with van der Waals surface area (Å²) in [6.07, 6.45) is 6.55. The van der Waals surface area contributed by atoms with Gasteiger partial charge in [0, 0.05) is 19.6 Å². The molecule has 1 N–H and O–H groups in total. The lowest BCUT2D eigenvalue weighted by atomic mass is 9.95. The van der Waals surface area contributed by atoms with Crippen molar-refractivity contribution in [2.75, 3.05) is 0 Å². The van der Waals surface area contributed by atoms with Gasteiger partial charge in [-0.2, -0.15) is 5.10 Å². The maximum Gasteiger partial charge on any atom is 0.0733 e. The largest absolute Gasteiger partial charge is 0.373 e. The fraction of sp³-hybridized carbons (Fsp3) is 0.727. The Balaban J connectivity index is 1.61. The number of hydrogen-bond donors (Lipinski definition) is 1. The van der Waals surface area contributed by atoms with E-state index in [0.29, 0.717) is 18.2 Å². The first-order chi connectivity index (χ1) is 7.74.